The van der Waals surface area contributed by atoms with Gasteiger partial charge in [0.2, 0.25) is 0 Å². The van der Waals surface area contributed by atoms with E-state index in [2.05, 4.69) is 0 Å². The largest absolute Gasteiger partial charge is 0.294 e. The lowest BCUT2D eigenvalue weighted by molar-refractivity contribution is -0.115. The van der Waals surface area contributed by atoms with Crippen LogP contribution in [0.3, 0.4) is 0 Å². The van der Waals surface area contributed by atoms with E-state index in [1.54, 1.807) is 18.2 Å². The molecule has 2 aromatic carbocycles. The third-order valence-corrected chi connectivity index (χ3v) is 3.34. The van der Waals surface area contributed by atoms with E-state index >= 15 is 0 Å². The van der Waals surface area contributed by atoms with Gasteiger partial charge in [0.25, 0.3) is 0 Å². The number of Topliss-reactive ketones (excluding diaryl/α,β-unsaturated/α-hetero) is 1. The number of allylic oxidation sites excluding steroid dienone is 1. The molecule has 0 saturated carbocycles. The van der Waals surface area contributed by atoms with E-state index in [-0.39, 0.29) is 11.6 Å². The van der Waals surface area contributed by atoms with Crippen molar-refractivity contribution in [3.05, 3.63) is 77.4 Å². The Bertz CT molecular complexity index is 669. The van der Waals surface area contributed by atoms with Gasteiger partial charge < -0.3 is 0 Å². The monoisotopic (exact) mass is 248 g/mol. The Labute approximate surface area is 111 Å². The van der Waals surface area contributed by atoms with Gasteiger partial charge in [-0.15, -0.1) is 0 Å². The van der Waals surface area contributed by atoms with Crippen LogP contribution in [0.4, 0.5) is 0 Å². The molecule has 0 amide bonds. The summed E-state index contributed by atoms with van der Waals surface area (Å²) in [6.45, 7) is 0. The maximum absolute atomic E-state index is 12.5. The van der Waals surface area contributed by atoms with Crippen molar-refractivity contribution in [2.45, 2.75) is 5.92 Å². The van der Waals surface area contributed by atoms with Crippen molar-refractivity contribution >= 4 is 17.6 Å². The summed E-state index contributed by atoms with van der Waals surface area (Å²) in [4.78, 5) is 24.6. The second kappa shape index (κ2) is 4.65. The zero-order valence-electron chi connectivity index (χ0n) is 10.2. The molecular weight excluding hydrogens is 236 g/mol. The molecule has 92 valence electrons. The van der Waals surface area contributed by atoms with Crippen molar-refractivity contribution in [1.29, 1.82) is 0 Å². The Morgan fingerprint density at radius 3 is 2.32 bits per heavy atom. The lowest BCUT2D eigenvalue weighted by atomic mass is 9.81. The number of hydrogen-bond donors (Lipinski definition) is 0. The van der Waals surface area contributed by atoms with Crippen LogP contribution in [0.15, 0.2) is 60.7 Å². The van der Waals surface area contributed by atoms with Gasteiger partial charge in [-0.2, -0.15) is 0 Å². The summed E-state index contributed by atoms with van der Waals surface area (Å²) in [6.07, 6.45) is 3.26. The second-order valence-corrected chi connectivity index (χ2v) is 4.53. The van der Waals surface area contributed by atoms with Gasteiger partial charge in [-0.25, -0.2) is 0 Å². The molecule has 1 aliphatic carbocycles. The Morgan fingerprint density at radius 1 is 0.842 bits per heavy atom. The summed E-state index contributed by atoms with van der Waals surface area (Å²) in [7, 11) is 0. The lowest BCUT2D eigenvalue weighted by Crippen LogP contribution is -2.23. The molecule has 0 N–H and O–H groups in total. The average molecular weight is 248 g/mol. The van der Waals surface area contributed by atoms with Crippen molar-refractivity contribution in [3.8, 4) is 0 Å². The molecule has 2 aromatic rings. The van der Waals surface area contributed by atoms with E-state index in [0.717, 1.165) is 11.1 Å². The van der Waals surface area contributed by atoms with E-state index in [9.17, 15) is 9.59 Å². The summed E-state index contributed by atoms with van der Waals surface area (Å²) in [5.74, 6) is -0.987. The fourth-order valence-corrected chi connectivity index (χ4v) is 2.39. The number of fused-ring (bicyclic) bond motifs is 1. The summed E-state index contributed by atoms with van der Waals surface area (Å²) in [5.41, 5.74) is 2.31. The molecule has 0 aromatic heterocycles. The van der Waals surface area contributed by atoms with Crippen LogP contribution in [0.1, 0.15) is 27.4 Å². The smallest absolute Gasteiger partial charge is 0.178 e. The van der Waals surface area contributed by atoms with Gasteiger partial charge in [-0.05, 0) is 17.2 Å². The van der Waals surface area contributed by atoms with E-state index in [1.807, 2.05) is 42.5 Å². The maximum atomic E-state index is 12.5. The van der Waals surface area contributed by atoms with Crippen LogP contribution in [0.5, 0.6) is 0 Å². The molecule has 1 aliphatic rings. The third kappa shape index (κ3) is 2.02. The molecule has 1 atom stereocenters. The van der Waals surface area contributed by atoms with Gasteiger partial charge in [-0.3, -0.25) is 9.59 Å². The number of carbonyl (C=O) groups excluding carboxylic acids is 2. The molecular formula is C17H12O2. The molecule has 0 bridgehead atoms. The minimum absolute atomic E-state index is 0.137. The van der Waals surface area contributed by atoms with Gasteiger partial charge in [0, 0.05) is 5.56 Å². The highest BCUT2D eigenvalue weighted by atomic mass is 16.1. The first-order valence-corrected chi connectivity index (χ1v) is 6.17. The van der Waals surface area contributed by atoms with Gasteiger partial charge >= 0.3 is 0 Å². The normalized spacial score (nSPS) is 17.1. The fourth-order valence-electron chi connectivity index (χ4n) is 2.39. The second-order valence-electron chi connectivity index (χ2n) is 4.53. The van der Waals surface area contributed by atoms with Crippen LogP contribution in [-0.2, 0) is 4.79 Å². The molecule has 0 saturated heterocycles. The van der Waals surface area contributed by atoms with Crippen LogP contribution < -0.4 is 0 Å². The minimum atomic E-state index is -0.705. The van der Waals surface area contributed by atoms with E-state index in [4.69, 9.17) is 0 Å². The zero-order valence-corrected chi connectivity index (χ0v) is 10.2. The average Bonchev–Trinajstić information content (AvgIpc) is 2.47. The maximum Gasteiger partial charge on any atom is 0.178 e. The fraction of sp³-hybridized carbons (Fsp3) is 0.0588. The highest BCUT2D eigenvalue weighted by Gasteiger charge is 2.31. The molecule has 1 unspecified atom stereocenters. The number of ketones is 2. The molecule has 19 heavy (non-hydrogen) atoms. The Hall–Kier alpha value is -2.48. The molecule has 0 spiro atoms. The predicted molar refractivity (Wildman–Crippen MR) is 74.0 cm³/mol. The van der Waals surface area contributed by atoms with Crippen LogP contribution >= 0.6 is 0 Å². The van der Waals surface area contributed by atoms with Gasteiger partial charge in [0.05, 0.1) is 0 Å². The predicted octanol–water partition coefficient (Wildman–Crippen LogP) is 3.25. The Kier molecular flexibility index (Phi) is 2.84. The number of rotatable bonds is 2. The topological polar surface area (TPSA) is 34.1 Å². The van der Waals surface area contributed by atoms with Gasteiger partial charge in [-0.1, -0.05) is 60.7 Å². The van der Waals surface area contributed by atoms with Crippen LogP contribution in [-0.4, -0.2) is 11.6 Å². The van der Waals surface area contributed by atoms with Crippen molar-refractivity contribution < 1.29 is 9.59 Å². The molecule has 0 aliphatic heterocycles. The SMILES string of the molecule is O=C1C=Cc2ccccc2C1C(=O)c1ccccc1. The summed E-state index contributed by atoms with van der Waals surface area (Å²) in [6, 6.07) is 16.5. The highest BCUT2D eigenvalue weighted by molar-refractivity contribution is 6.20. The van der Waals surface area contributed by atoms with Crippen molar-refractivity contribution in [1.82, 2.24) is 0 Å². The van der Waals surface area contributed by atoms with Crippen molar-refractivity contribution in [2.24, 2.45) is 0 Å². The molecule has 0 heterocycles. The first-order valence-electron chi connectivity index (χ1n) is 6.17. The third-order valence-electron chi connectivity index (χ3n) is 3.34. The van der Waals surface area contributed by atoms with Crippen LogP contribution in [0, 0.1) is 0 Å². The lowest BCUT2D eigenvalue weighted by Gasteiger charge is -2.19. The summed E-state index contributed by atoms with van der Waals surface area (Å²) < 4.78 is 0. The van der Waals surface area contributed by atoms with E-state index in [0.29, 0.717) is 5.56 Å². The standard InChI is InChI=1S/C17H12O2/c18-15-11-10-12-6-4-5-9-14(12)16(15)17(19)13-7-2-1-3-8-13/h1-11,16H. The van der Waals surface area contributed by atoms with Crippen molar-refractivity contribution in [3.63, 3.8) is 0 Å². The molecule has 3 rings (SSSR count). The quantitative estimate of drug-likeness (QED) is 0.604. The molecule has 2 heteroatoms. The van der Waals surface area contributed by atoms with E-state index in [1.165, 1.54) is 6.08 Å². The van der Waals surface area contributed by atoms with Crippen LogP contribution in [0.25, 0.3) is 6.08 Å². The summed E-state index contributed by atoms with van der Waals surface area (Å²) >= 11 is 0. The number of hydrogen-bond acceptors (Lipinski definition) is 2. The Morgan fingerprint density at radius 2 is 1.53 bits per heavy atom. The van der Waals surface area contributed by atoms with E-state index < -0.39 is 5.92 Å². The number of benzene rings is 2. The molecule has 0 fully saturated rings. The first-order chi connectivity index (χ1) is 9.27. The van der Waals surface area contributed by atoms with Gasteiger partial charge in [0.1, 0.15) is 5.92 Å². The minimum Gasteiger partial charge on any atom is -0.294 e. The highest BCUT2D eigenvalue weighted by Crippen LogP contribution is 2.30. The van der Waals surface area contributed by atoms with Crippen molar-refractivity contribution in [2.75, 3.05) is 0 Å². The summed E-state index contributed by atoms with van der Waals surface area (Å²) in [5, 5.41) is 0. The molecule has 2 nitrogen and oxygen atoms in total. The van der Waals surface area contributed by atoms with Crippen LogP contribution in [0.2, 0.25) is 0 Å². The number of carbonyl (C=O) groups is 2. The first kappa shape index (κ1) is 11.6. The molecule has 0 radical (unpaired) electrons. The van der Waals surface area contributed by atoms with Gasteiger partial charge in [0.15, 0.2) is 11.6 Å². The zero-order chi connectivity index (χ0) is 13.2. The Balaban J connectivity index is 2.07.